The van der Waals surface area contributed by atoms with Crippen LogP contribution in [-0.4, -0.2) is 5.75 Å². The molecule has 1 rings (SSSR count). The first-order chi connectivity index (χ1) is 3.39. The minimum atomic E-state index is 0.912. The molecule has 0 aromatic rings. The Hall–Kier alpha value is 0.0900. The third-order valence-electron chi connectivity index (χ3n) is 1.11. The first-order valence-corrected chi connectivity index (χ1v) is 3.71. The van der Waals surface area contributed by atoms with E-state index in [4.69, 9.17) is 0 Å². The lowest BCUT2D eigenvalue weighted by Gasteiger charge is -2.09. The second kappa shape index (κ2) is 2.41. The van der Waals surface area contributed by atoms with E-state index in [9.17, 15) is 0 Å². The van der Waals surface area contributed by atoms with Crippen molar-refractivity contribution in [3.63, 3.8) is 0 Å². The van der Waals surface area contributed by atoms with Gasteiger partial charge in [0.15, 0.2) is 0 Å². The van der Waals surface area contributed by atoms with Gasteiger partial charge in [-0.25, -0.2) is 0 Å². The minimum Gasteiger partial charge on any atom is -0.134 e. The maximum Gasteiger partial charge on any atom is 0.000264 e. The second-order valence-electron chi connectivity index (χ2n) is 2.05. The number of hydrogen-bond donors (Lipinski definition) is 0. The number of hydrogen-bond acceptors (Lipinski definition) is 1. The topological polar surface area (TPSA) is 0 Å². The Morgan fingerprint density at radius 2 is 2.57 bits per heavy atom. The van der Waals surface area contributed by atoms with Crippen LogP contribution in [0.2, 0.25) is 0 Å². The molecular formula is C6H10S. The fraction of sp³-hybridized carbons (Fsp3) is 0.667. The smallest absolute Gasteiger partial charge is 0.000264 e. The lowest BCUT2D eigenvalue weighted by atomic mass is 10.1. The van der Waals surface area contributed by atoms with Crippen LogP contribution in [0, 0.1) is 5.92 Å². The zero-order chi connectivity index (χ0) is 5.11. The van der Waals surface area contributed by atoms with E-state index in [-0.39, 0.29) is 0 Å². The van der Waals surface area contributed by atoms with Gasteiger partial charge in [0, 0.05) is 5.75 Å². The van der Waals surface area contributed by atoms with Gasteiger partial charge >= 0.3 is 0 Å². The van der Waals surface area contributed by atoms with Gasteiger partial charge in [0.25, 0.3) is 0 Å². The summed E-state index contributed by atoms with van der Waals surface area (Å²) in [5, 5.41) is 2.19. The van der Waals surface area contributed by atoms with Gasteiger partial charge in [-0.3, -0.25) is 0 Å². The van der Waals surface area contributed by atoms with Crippen LogP contribution in [-0.2, 0) is 0 Å². The quantitative estimate of drug-likeness (QED) is 0.465. The maximum atomic E-state index is 2.29. The van der Waals surface area contributed by atoms with E-state index in [1.807, 2.05) is 11.8 Å². The van der Waals surface area contributed by atoms with Crippen LogP contribution in [0.3, 0.4) is 0 Å². The maximum absolute atomic E-state index is 2.29. The van der Waals surface area contributed by atoms with Crippen molar-refractivity contribution in [1.82, 2.24) is 0 Å². The summed E-state index contributed by atoms with van der Waals surface area (Å²) in [6.45, 7) is 2.29. The van der Waals surface area contributed by atoms with Crippen molar-refractivity contribution in [3.05, 3.63) is 11.5 Å². The molecule has 0 aromatic heterocycles. The molecule has 40 valence electrons. The zero-order valence-electron chi connectivity index (χ0n) is 4.55. The highest BCUT2D eigenvalue weighted by atomic mass is 32.2. The molecule has 1 heterocycles. The van der Waals surface area contributed by atoms with Crippen molar-refractivity contribution in [3.8, 4) is 0 Å². The molecule has 1 unspecified atom stereocenters. The van der Waals surface area contributed by atoms with Crippen LogP contribution >= 0.6 is 11.8 Å². The van der Waals surface area contributed by atoms with Crippen LogP contribution in [0.4, 0.5) is 0 Å². The zero-order valence-corrected chi connectivity index (χ0v) is 5.37. The molecule has 7 heavy (non-hydrogen) atoms. The van der Waals surface area contributed by atoms with E-state index in [2.05, 4.69) is 18.4 Å². The molecule has 0 saturated carbocycles. The van der Waals surface area contributed by atoms with Gasteiger partial charge in [0.05, 0.1) is 0 Å². The van der Waals surface area contributed by atoms with Crippen molar-refractivity contribution in [2.45, 2.75) is 13.3 Å². The fourth-order valence-corrected chi connectivity index (χ4v) is 1.47. The van der Waals surface area contributed by atoms with E-state index >= 15 is 0 Å². The van der Waals surface area contributed by atoms with Crippen molar-refractivity contribution < 1.29 is 0 Å². The molecule has 0 fully saturated rings. The summed E-state index contributed by atoms with van der Waals surface area (Å²) in [7, 11) is 0. The molecule has 0 bridgehead atoms. The normalized spacial score (nSPS) is 30.7. The summed E-state index contributed by atoms with van der Waals surface area (Å²) in [4.78, 5) is 0. The summed E-state index contributed by atoms with van der Waals surface area (Å²) in [5.74, 6) is 2.23. The molecule has 0 radical (unpaired) electrons. The number of thioether (sulfide) groups is 1. The molecule has 1 aliphatic rings. The van der Waals surface area contributed by atoms with E-state index in [1.165, 1.54) is 12.2 Å². The second-order valence-corrected chi connectivity index (χ2v) is 2.98. The molecule has 0 aliphatic carbocycles. The van der Waals surface area contributed by atoms with Crippen LogP contribution in [0.5, 0.6) is 0 Å². The van der Waals surface area contributed by atoms with E-state index in [0.29, 0.717) is 0 Å². The highest BCUT2D eigenvalue weighted by Gasteiger charge is 2.00. The van der Waals surface area contributed by atoms with Gasteiger partial charge in [0.2, 0.25) is 0 Å². The molecular weight excluding hydrogens is 104 g/mol. The van der Waals surface area contributed by atoms with Crippen molar-refractivity contribution in [2.75, 3.05) is 5.75 Å². The predicted molar refractivity (Wildman–Crippen MR) is 35.4 cm³/mol. The third-order valence-corrected chi connectivity index (χ3v) is 2.26. The molecule has 1 heteroatoms. The summed E-state index contributed by atoms with van der Waals surface area (Å²) in [6.07, 6.45) is 3.53. The average molecular weight is 114 g/mol. The van der Waals surface area contributed by atoms with Crippen molar-refractivity contribution >= 4 is 11.8 Å². The summed E-state index contributed by atoms with van der Waals surface area (Å²) < 4.78 is 0. The van der Waals surface area contributed by atoms with Gasteiger partial charge in [-0.15, -0.1) is 11.8 Å². The standard InChI is InChI=1S/C6H10S/c1-6-3-2-4-7-5-6/h2,4,6H,3,5H2,1H3. The van der Waals surface area contributed by atoms with E-state index in [0.717, 1.165) is 5.92 Å². The molecule has 0 spiro atoms. The van der Waals surface area contributed by atoms with E-state index in [1.54, 1.807) is 0 Å². The lowest BCUT2D eigenvalue weighted by molar-refractivity contribution is 0.672. The summed E-state index contributed by atoms with van der Waals surface area (Å²) >= 11 is 1.92. The van der Waals surface area contributed by atoms with Gasteiger partial charge in [0.1, 0.15) is 0 Å². The Morgan fingerprint density at radius 1 is 1.71 bits per heavy atom. The van der Waals surface area contributed by atoms with Crippen LogP contribution in [0.15, 0.2) is 11.5 Å². The monoisotopic (exact) mass is 114 g/mol. The fourth-order valence-electron chi connectivity index (χ4n) is 0.644. The largest absolute Gasteiger partial charge is 0.134 e. The van der Waals surface area contributed by atoms with Gasteiger partial charge in [-0.1, -0.05) is 13.0 Å². The minimum absolute atomic E-state index is 0.912. The Kier molecular flexibility index (Phi) is 1.80. The molecule has 0 aromatic carbocycles. The lowest BCUT2D eigenvalue weighted by Crippen LogP contribution is -1.97. The van der Waals surface area contributed by atoms with Crippen molar-refractivity contribution in [1.29, 1.82) is 0 Å². The average Bonchev–Trinajstić information content (AvgIpc) is 1.69. The summed E-state index contributed by atoms with van der Waals surface area (Å²) in [5.41, 5.74) is 0. The molecule has 0 nitrogen and oxygen atoms in total. The highest BCUT2D eigenvalue weighted by molar-refractivity contribution is 8.02. The molecule has 0 amide bonds. The first kappa shape index (κ1) is 5.23. The third kappa shape index (κ3) is 1.56. The van der Waals surface area contributed by atoms with Gasteiger partial charge < -0.3 is 0 Å². The first-order valence-electron chi connectivity index (χ1n) is 2.66. The Balaban J connectivity index is 2.32. The van der Waals surface area contributed by atoms with Crippen LogP contribution < -0.4 is 0 Å². The van der Waals surface area contributed by atoms with Crippen LogP contribution in [0.25, 0.3) is 0 Å². The summed E-state index contributed by atoms with van der Waals surface area (Å²) in [6, 6.07) is 0. The molecule has 1 aliphatic heterocycles. The van der Waals surface area contributed by atoms with Crippen molar-refractivity contribution in [2.24, 2.45) is 5.92 Å². The van der Waals surface area contributed by atoms with Crippen LogP contribution in [0.1, 0.15) is 13.3 Å². The molecule has 0 saturated heterocycles. The molecule has 1 atom stereocenters. The van der Waals surface area contributed by atoms with Gasteiger partial charge in [-0.2, -0.15) is 0 Å². The van der Waals surface area contributed by atoms with E-state index < -0.39 is 0 Å². The Labute approximate surface area is 49.0 Å². The molecule has 0 N–H and O–H groups in total. The van der Waals surface area contributed by atoms with Gasteiger partial charge in [-0.05, 0) is 17.7 Å². The SMILES string of the molecule is CC1CC=CSC1. The number of rotatable bonds is 0. The Morgan fingerprint density at radius 3 is 2.86 bits per heavy atom. The predicted octanol–water partition coefficient (Wildman–Crippen LogP) is 2.27. The number of allylic oxidation sites excluding steroid dienone is 1. The Bertz CT molecular complexity index is 76.2. The highest BCUT2D eigenvalue weighted by Crippen LogP contribution is 2.18.